The lowest BCUT2D eigenvalue weighted by Crippen LogP contribution is -2.58. The van der Waals surface area contributed by atoms with E-state index >= 15 is 0 Å². The minimum absolute atomic E-state index is 0.00871. The van der Waals surface area contributed by atoms with E-state index in [1.807, 2.05) is 46.2 Å². The molecule has 3 amide bonds. The summed E-state index contributed by atoms with van der Waals surface area (Å²) in [5, 5.41) is 4.59. The van der Waals surface area contributed by atoms with Crippen molar-refractivity contribution in [2.24, 2.45) is 0 Å². The van der Waals surface area contributed by atoms with Gasteiger partial charge in [0.25, 0.3) is 5.91 Å². The van der Waals surface area contributed by atoms with Gasteiger partial charge in [0.2, 0.25) is 11.8 Å². The number of benzene rings is 2. The van der Waals surface area contributed by atoms with Gasteiger partial charge in [-0.05, 0) is 35.7 Å². The number of ether oxygens (including phenoxy) is 1. The zero-order valence-corrected chi connectivity index (χ0v) is 16.7. The second-order valence-corrected chi connectivity index (χ2v) is 7.71. The maximum Gasteiger partial charge on any atom is 0.257 e. The predicted molar refractivity (Wildman–Crippen MR) is 109 cm³/mol. The molecule has 2 heterocycles. The zero-order valence-electron chi connectivity index (χ0n) is 16.7. The number of likely N-dealkylation sites (tertiary alicyclic amines) is 1. The highest BCUT2D eigenvalue weighted by atomic mass is 16.5. The molecule has 2 atom stereocenters. The number of fused-ring (bicyclic) bond motifs is 3. The molecule has 2 aliphatic rings. The van der Waals surface area contributed by atoms with Crippen LogP contribution in [0.15, 0.2) is 36.4 Å². The summed E-state index contributed by atoms with van der Waals surface area (Å²) in [4.78, 5) is 40.7. The molecule has 2 fully saturated rings. The average Bonchev–Trinajstić information content (AvgIpc) is 2.99. The van der Waals surface area contributed by atoms with Gasteiger partial charge in [-0.3, -0.25) is 14.4 Å². The molecule has 0 aliphatic carbocycles. The summed E-state index contributed by atoms with van der Waals surface area (Å²) < 4.78 is 5.50. The van der Waals surface area contributed by atoms with Crippen LogP contribution in [0.2, 0.25) is 0 Å². The number of hydrogen-bond donors (Lipinski definition) is 1. The van der Waals surface area contributed by atoms with Crippen LogP contribution in [0.3, 0.4) is 0 Å². The molecule has 0 aromatic heterocycles. The number of amides is 3. The first-order valence-electron chi connectivity index (χ1n) is 9.89. The maximum absolute atomic E-state index is 13.3. The fraction of sp³-hybridized carbons (Fsp3) is 0.409. The van der Waals surface area contributed by atoms with Crippen molar-refractivity contribution in [3.05, 3.63) is 42.0 Å². The van der Waals surface area contributed by atoms with Gasteiger partial charge in [-0.2, -0.15) is 0 Å². The fourth-order valence-electron chi connectivity index (χ4n) is 4.49. The Morgan fingerprint density at radius 1 is 1.07 bits per heavy atom. The van der Waals surface area contributed by atoms with Crippen LogP contribution in [-0.2, 0) is 9.59 Å². The van der Waals surface area contributed by atoms with Gasteiger partial charge in [0.05, 0.1) is 19.2 Å². The molecular formula is C22H25N3O4. The third-order valence-corrected chi connectivity index (χ3v) is 5.84. The molecule has 29 heavy (non-hydrogen) atoms. The van der Waals surface area contributed by atoms with Crippen LogP contribution in [-0.4, -0.2) is 66.3 Å². The molecule has 2 aromatic rings. The van der Waals surface area contributed by atoms with Gasteiger partial charge < -0.3 is 19.9 Å². The van der Waals surface area contributed by atoms with Crippen LogP contribution >= 0.6 is 0 Å². The van der Waals surface area contributed by atoms with Gasteiger partial charge in [0.15, 0.2) is 0 Å². The molecule has 2 bridgehead atoms. The Morgan fingerprint density at radius 2 is 1.69 bits per heavy atom. The topological polar surface area (TPSA) is 79.0 Å². The standard InChI is InChI=1S/C22H25N3O4/c1-14(26)23-11-21(27)25-17-7-8-18(25)13-24(12-17)22(28)19-9-15-5-3-4-6-16(15)10-20(19)29-2/h3-6,9-10,17-18H,7-8,11-13H2,1-2H3,(H,23,26). The summed E-state index contributed by atoms with van der Waals surface area (Å²) >= 11 is 0. The van der Waals surface area contributed by atoms with E-state index in [1.54, 1.807) is 7.11 Å². The van der Waals surface area contributed by atoms with E-state index < -0.39 is 0 Å². The predicted octanol–water partition coefficient (Wildman–Crippen LogP) is 1.80. The van der Waals surface area contributed by atoms with Crippen LogP contribution in [0.1, 0.15) is 30.1 Å². The second-order valence-electron chi connectivity index (χ2n) is 7.71. The Hall–Kier alpha value is -3.09. The number of hydrogen-bond acceptors (Lipinski definition) is 4. The summed E-state index contributed by atoms with van der Waals surface area (Å²) in [6, 6.07) is 11.6. The lowest BCUT2D eigenvalue weighted by Gasteiger charge is -2.41. The van der Waals surface area contributed by atoms with Crippen molar-refractivity contribution in [3.63, 3.8) is 0 Å². The van der Waals surface area contributed by atoms with Crippen LogP contribution < -0.4 is 10.1 Å². The van der Waals surface area contributed by atoms with E-state index in [1.165, 1.54) is 6.92 Å². The Balaban J connectivity index is 1.54. The number of nitrogens with zero attached hydrogens (tertiary/aromatic N) is 2. The number of carbonyl (C=O) groups is 3. The van der Waals surface area contributed by atoms with Crippen molar-refractivity contribution in [1.29, 1.82) is 0 Å². The molecule has 1 N–H and O–H groups in total. The van der Waals surface area contributed by atoms with E-state index in [0.717, 1.165) is 23.6 Å². The molecule has 0 radical (unpaired) electrons. The van der Waals surface area contributed by atoms with Gasteiger partial charge in [-0.1, -0.05) is 24.3 Å². The Labute approximate surface area is 169 Å². The van der Waals surface area contributed by atoms with Gasteiger partial charge in [-0.15, -0.1) is 0 Å². The molecular weight excluding hydrogens is 370 g/mol. The molecule has 152 valence electrons. The third kappa shape index (κ3) is 3.64. The lowest BCUT2D eigenvalue weighted by atomic mass is 10.0. The van der Waals surface area contributed by atoms with Crippen LogP contribution in [0.5, 0.6) is 5.75 Å². The SMILES string of the molecule is COc1cc2ccccc2cc1C(=O)N1CC2CCC(C1)N2C(=O)CNC(C)=O. The molecule has 2 unspecified atom stereocenters. The normalized spacial score (nSPS) is 20.6. The summed E-state index contributed by atoms with van der Waals surface area (Å²) in [6.45, 7) is 2.40. The number of carbonyl (C=O) groups excluding carboxylic acids is 3. The van der Waals surface area contributed by atoms with E-state index in [0.29, 0.717) is 24.4 Å². The summed E-state index contributed by atoms with van der Waals surface area (Å²) in [7, 11) is 1.57. The van der Waals surface area contributed by atoms with E-state index in [-0.39, 0.29) is 36.3 Å². The Morgan fingerprint density at radius 3 is 2.28 bits per heavy atom. The number of methoxy groups -OCH3 is 1. The number of piperazine rings is 1. The lowest BCUT2D eigenvalue weighted by molar-refractivity contribution is -0.137. The molecule has 4 rings (SSSR count). The van der Waals surface area contributed by atoms with Crippen molar-refractivity contribution in [1.82, 2.24) is 15.1 Å². The quantitative estimate of drug-likeness (QED) is 0.856. The van der Waals surface area contributed by atoms with Gasteiger partial charge in [-0.25, -0.2) is 0 Å². The van der Waals surface area contributed by atoms with Crippen LogP contribution in [0.4, 0.5) is 0 Å². The van der Waals surface area contributed by atoms with Crippen molar-refractivity contribution < 1.29 is 19.1 Å². The van der Waals surface area contributed by atoms with Gasteiger partial charge in [0.1, 0.15) is 5.75 Å². The summed E-state index contributed by atoms with van der Waals surface area (Å²) in [6.07, 6.45) is 1.74. The molecule has 7 nitrogen and oxygen atoms in total. The first kappa shape index (κ1) is 19.2. The molecule has 2 saturated heterocycles. The zero-order chi connectivity index (χ0) is 20.5. The Bertz CT molecular complexity index is 960. The highest BCUT2D eigenvalue weighted by molar-refractivity contribution is 6.02. The highest BCUT2D eigenvalue weighted by Crippen LogP contribution is 2.33. The van der Waals surface area contributed by atoms with Crippen molar-refractivity contribution in [3.8, 4) is 5.75 Å². The average molecular weight is 395 g/mol. The first-order valence-corrected chi connectivity index (χ1v) is 9.89. The van der Waals surface area contributed by atoms with E-state index in [9.17, 15) is 14.4 Å². The Kier molecular flexibility index (Phi) is 5.13. The molecule has 7 heteroatoms. The summed E-state index contributed by atoms with van der Waals surface area (Å²) in [5.41, 5.74) is 0.545. The third-order valence-electron chi connectivity index (χ3n) is 5.84. The molecule has 0 saturated carbocycles. The second kappa shape index (κ2) is 7.73. The molecule has 0 spiro atoms. The minimum Gasteiger partial charge on any atom is -0.496 e. The summed E-state index contributed by atoms with van der Waals surface area (Å²) in [5.74, 6) is 0.190. The number of nitrogens with one attached hydrogen (secondary N) is 1. The largest absolute Gasteiger partial charge is 0.496 e. The highest BCUT2D eigenvalue weighted by Gasteiger charge is 2.44. The van der Waals surface area contributed by atoms with E-state index in [2.05, 4.69) is 5.32 Å². The monoisotopic (exact) mass is 395 g/mol. The van der Waals surface area contributed by atoms with Crippen LogP contribution in [0.25, 0.3) is 10.8 Å². The fourth-order valence-corrected chi connectivity index (χ4v) is 4.49. The van der Waals surface area contributed by atoms with Gasteiger partial charge >= 0.3 is 0 Å². The number of rotatable bonds is 4. The minimum atomic E-state index is -0.220. The smallest absolute Gasteiger partial charge is 0.257 e. The first-order chi connectivity index (χ1) is 14.0. The molecule has 2 aromatic carbocycles. The maximum atomic E-state index is 13.3. The molecule has 2 aliphatic heterocycles. The van der Waals surface area contributed by atoms with Crippen molar-refractivity contribution in [2.45, 2.75) is 31.8 Å². The van der Waals surface area contributed by atoms with Crippen LogP contribution in [0, 0.1) is 0 Å². The van der Waals surface area contributed by atoms with E-state index in [4.69, 9.17) is 4.74 Å². The van der Waals surface area contributed by atoms with Crippen molar-refractivity contribution in [2.75, 3.05) is 26.7 Å². The van der Waals surface area contributed by atoms with Crippen molar-refractivity contribution >= 4 is 28.5 Å². The van der Waals surface area contributed by atoms with Gasteiger partial charge in [0, 0.05) is 32.1 Å².